The molecule has 0 aromatic heterocycles. The van der Waals surface area contributed by atoms with E-state index in [0.717, 1.165) is 45.2 Å². The number of β-amino-alcohol motifs (C(OH)–C–C–N with tert-alkyl or cyclic N) is 1. The maximum Gasteiger partial charge on any atom is 0.129 e. The number of likely N-dealkylation sites (tertiary alicyclic amines) is 1. The van der Waals surface area contributed by atoms with Crippen LogP contribution in [0, 0.1) is 5.41 Å². The Kier molecular flexibility index (Phi) is 3.33. The number of carbonyl (C=O) groups is 1. The van der Waals surface area contributed by atoms with Gasteiger partial charge in [-0.05, 0) is 26.2 Å². The molecule has 0 aromatic carbocycles. The highest BCUT2D eigenvalue weighted by Gasteiger charge is 2.39. The van der Waals surface area contributed by atoms with Crippen molar-refractivity contribution in [1.82, 2.24) is 4.90 Å². The molecule has 2 rings (SSSR count). The van der Waals surface area contributed by atoms with E-state index in [1.165, 1.54) is 0 Å². The molecule has 0 bridgehead atoms. The zero-order valence-corrected chi connectivity index (χ0v) is 9.95. The first kappa shape index (κ1) is 12.0. The molecular weight excluding hydrogens is 206 g/mol. The van der Waals surface area contributed by atoms with E-state index in [-0.39, 0.29) is 5.41 Å². The first-order valence-corrected chi connectivity index (χ1v) is 6.04. The predicted molar refractivity (Wildman–Crippen MR) is 60.2 cm³/mol. The quantitative estimate of drug-likeness (QED) is 0.711. The van der Waals surface area contributed by atoms with Crippen molar-refractivity contribution in [1.29, 1.82) is 0 Å². The van der Waals surface area contributed by atoms with Crippen molar-refractivity contribution in [3.63, 3.8) is 0 Å². The lowest BCUT2D eigenvalue weighted by molar-refractivity contribution is -0.125. The fourth-order valence-electron chi connectivity index (χ4n) is 2.75. The molecule has 2 atom stereocenters. The number of carbonyl (C=O) groups excluding carboxylic acids is 1. The minimum absolute atomic E-state index is 0.335. The molecule has 16 heavy (non-hydrogen) atoms. The summed E-state index contributed by atoms with van der Waals surface area (Å²) in [6.07, 6.45) is 3.72. The molecule has 1 N–H and O–H groups in total. The lowest BCUT2D eigenvalue weighted by Crippen LogP contribution is -2.44. The molecule has 2 heterocycles. The Morgan fingerprint density at radius 2 is 2.31 bits per heavy atom. The summed E-state index contributed by atoms with van der Waals surface area (Å²) in [5.74, 6) is 0. The summed E-state index contributed by atoms with van der Waals surface area (Å²) >= 11 is 0. The minimum Gasteiger partial charge on any atom is -0.389 e. The monoisotopic (exact) mass is 227 g/mol. The number of rotatable bonds is 3. The van der Waals surface area contributed by atoms with Crippen LogP contribution in [0.25, 0.3) is 0 Å². The van der Waals surface area contributed by atoms with Gasteiger partial charge in [-0.25, -0.2) is 0 Å². The average molecular weight is 227 g/mol. The molecule has 0 saturated carbocycles. The number of aldehydes is 1. The van der Waals surface area contributed by atoms with Crippen molar-refractivity contribution < 1.29 is 14.6 Å². The van der Waals surface area contributed by atoms with Crippen molar-refractivity contribution in [2.24, 2.45) is 5.41 Å². The van der Waals surface area contributed by atoms with Gasteiger partial charge in [-0.2, -0.15) is 0 Å². The summed E-state index contributed by atoms with van der Waals surface area (Å²) in [6.45, 7) is 5.44. The van der Waals surface area contributed by atoms with Crippen LogP contribution in [-0.4, -0.2) is 54.7 Å². The molecule has 2 fully saturated rings. The van der Waals surface area contributed by atoms with Gasteiger partial charge in [-0.3, -0.25) is 4.90 Å². The maximum absolute atomic E-state index is 11.3. The molecule has 0 radical (unpaired) electrons. The molecule has 2 unspecified atom stereocenters. The second-order valence-electron chi connectivity index (χ2n) is 5.59. The van der Waals surface area contributed by atoms with E-state index in [1.54, 1.807) is 0 Å². The number of aliphatic hydroxyl groups is 1. The molecule has 2 saturated heterocycles. The molecule has 2 aliphatic rings. The van der Waals surface area contributed by atoms with Crippen LogP contribution in [0.1, 0.15) is 26.2 Å². The number of hydrogen-bond acceptors (Lipinski definition) is 4. The van der Waals surface area contributed by atoms with Crippen molar-refractivity contribution in [2.75, 3.05) is 32.8 Å². The van der Waals surface area contributed by atoms with Crippen molar-refractivity contribution >= 4 is 6.29 Å². The Morgan fingerprint density at radius 1 is 1.50 bits per heavy atom. The Balaban J connectivity index is 1.94. The Bertz CT molecular complexity index is 259. The van der Waals surface area contributed by atoms with Crippen LogP contribution in [-0.2, 0) is 9.53 Å². The lowest BCUT2D eigenvalue weighted by atomic mass is 9.83. The van der Waals surface area contributed by atoms with Gasteiger partial charge >= 0.3 is 0 Å². The highest BCUT2D eigenvalue weighted by Crippen LogP contribution is 2.30. The van der Waals surface area contributed by atoms with E-state index in [4.69, 9.17) is 4.74 Å². The molecule has 2 aliphatic heterocycles. The fourth-order valence-corrected chi connectivity index (χ4v) is 2.75. The summed E-state index contributed by atoms with van der Waals surface area (Å²) in [6, 6.07) is 0. The Hall–Kier alpha value is -0.450. The van der Waals surface area contributed by atoms with Crippen LogP contribution < -0.4 is 0 Å². The van der Waals surface area contributed by atoms with Crippen LogP contribution >= 0.6 is 0 Å². The maximum atomic E-state index is 11.3. The topological polar surface area (TPSA) is 49.8 Å². The second kappa shape index (κ2) is 4.43. The van der Waals surface area contributed by atoms with Gasteiger partial charge in [0.2, 0.25) is 0 Å². The molecule has 0 aliphatic carbocycles. The zero-order chi connectivity index (χ0) is 11.6. The smallest absolute Gasteiger partial charge is 0.129 e. The van der Waals surface area contributed by atoms with Gasteiger partial charge in [0.1, 0.15) is 6.29 Å². The third kappa shape index (κ3) is 2.62. The van der Waals surface area contributed by atoms with Crippen LogP contribution in [0.4, 0.5) is 0 Å². The van der Waals surface area contributed by atoms with Gasteiger partial charge < -0.3 is 14.6 Å². The highest BCUT2D eigenvalue weighted by atomic mass is 16.5. The third-order valence-electron chi connectivity index (χ3n) is 3.67. The van der Waals surface area contributed by atoms with Gasteiger partial charge in [-0.1, -0.05) is 0 Å². The van der Waals surface area contributed by atoms with Crippen molar-refractivity contribution in [2.45, 2.75) is 31.8 Å². The summed E-state index contributed by atoms with van der Waals surface area (Å²) in [7, 11) is 0. The third-order valence-corrected chi connectivity index (χ3v) is 3.67. The van der Waals surface area contributed by atoms with Gasteiger partial charge in [0.15, 0.2) is 0 Å². The number of nitrogens with zero attached hydrogens (tertiary/aromatic N) is 1. The van der Waals surface area contributed by atoms with Crippen LogP contribution in [0.5, 0.6) is 0 Å². The number of ether oxygens (including phenoxy) is 1. The molecule has 0 amide bonds. The van der Waals surface area contributed by atoms with Gasteiger partial charge in [0.25, 0.3) is 0 Å². The first-order chi connectivity index (χ1) is 7.55. The SMILES string of the molecule is CC1(O)CCN(CC2(C=O)CCCOC2)C1. The van der Waals surface area contributed by atoms with E-state index in [1.807, 2.05) is 6.92 Å². The lowest BCUT2D eigenvalue weighted by Gasteiger charge is -2.35. The molecule has 92 valence electrons. The second-order valence-corrected chi connectivity index (χ2v) is 5.59. The molecular formula is C12H21NO3. The summed E-state index contributed by atoms with van der Waals surface area (Å²) in [4.78, 5) is 13.4. The minimum atomic E-state index is -0.584. The molecule has 4 nitrogen and oxygen atoms in total. The summed E-state index contributed by atoms with van der Waals surface area (Å²) in [5, 5.41) is 9.89. The van der Waals surface area contributed by atoms with Gasteiger partial charge in [0, 0.05) is 26.2 Å². The van der Waals surface area contributed by atoms with E-state index in [0.29, 0.717) is 13.2 Å². The summed E-state index contributed by atoms with van der Waals surface area (Å²) < 4.78 is 5.42. The molecule has 0 aromatic rings. The van der Waals surface area contributed by atoms with Gasteiger partial charge in [-0.15, -0.1) is 0 Å². The van der Waals surface area contributed by atoms with E-state index in [2.05, 4.69) is 4.90 Å². The van der Waals surface area contributed by atoms with Crippen LogP contribution in [0.2, 0.25) is 0 Å². The van der Waals surface area contributed by atoms with Crippen LogP contribution in [0.15, 0.2) is 0 Å². The zero-order valence-electron chi connectivity index (χ0n) is 9.95. The van der Waals surface area contributed by atoms with E-state index < -0.39 is 5.60 Å². The predicted octanol–water partition coefficient (Wildman–Crippen LogP) is 0.439. The molecule has 0 spiro atoms. The average Bonchev–Trinajstić information content (AvgIpc) is 2.59. The standard InChI is InChI=1S/C12H21NO3/c1-11(15)4-5-13(7-11)8-12(9-14)3-2-6-16-10-12/h9,15H,2-8,10H2,1H3. The largest absolute Gasteiger partial charge is 0.389 e. The van der Waals surface area contributed by atoms with Crippen molar-refractivity contribution in [3.8, 4) is 0 Å². The normalized spacial score (nSPS) is 41.1. The van der Waals surface area contributed by atoms with E-state index in [9.17, 15) is 9.90 Å². The Labute approximate surface area is 96.6 Å². The fraction of sp³-hybridized carbons (Fsp3) is 0.917. The van der Waals surface area contributed by atoms with Crippen LogP contribution in [0.3, 0.4) is 0 Å². The summed E-state index contributed by atoms with van der Waals surface area (Å²) in [5.41, 5.74) is -0.918. The number of hydrogen-bond donors (Lipinski definition) is 1. The molecule has 4 heteroatoms. The Morgan fingerprint density at radius 3 is 2.81 bits per heavy atom. The first-order valence-electron chi connectivity index (χ1n) is 6.04. The van der Waals surface area contributed by atoms with Crippen molar-refractivity contribution in [3.05, 3.63) is 0 Å². The van der Waals surface area contributed by atoms with E-state index >= 15 is 0 Å². The highest BCUT2D eigenvalue weighted by molar-refractivity contribution is 5.60. The van der Waals surface area contributed by atoms with Gasteiger partial charge in [0.05, 0.1) is 17.6 Å².